The first-order valence-electron chi connectivity index (χ1n) is 11.4. The molecule has 4 saturated carbocycles. The van der Waals surface area contributed by atoms with Gasteiger partial charge >= 0.3 is 0 Å². The number of anilines is 1. The lowest BCUT2D eigenvalue weighted by atomic mass is 9.48. The van der Waals surface area contributed by atoms with Crippen LogP contribution in [0.5, 0.6) is 0 Å². The van der Waals surface area contributed by atoms with E-state index in [1.807, 2.05) is 10.7 Å². The number of rotatable bonds is 5. The lowest BCUT2D eigenvalue weighted by Gasteiger charge is -2.56. The van der Waals surface area contributed by atoms with Gasteiger partial charge in [-0.1, -0.05) is 18.2 Å². The predicted molar refractivity (Wildman–Crippen MR) is 117 cm³/mol. The fourth-order valence-electron chi connectivity index (χ4n) is 6.90. The molecule has 1 N–H and O–H groups in total. The summed E-state index contributed by atoms with van der Waals surface area (Å²) >= 11 is 0. The maximum Gasteiger partial charge on any atom is 0.232 e. The van der Waals surface area contributed by atoms with E-state index >= 15 is 0 Å². The average Bonchev–Trinajstić information content (AvgIpc) is 3.35. The smallest absolute Gasteiger partial charge is 0.232 e. The van der Waals surface area contributed by atoms with Gasteiger partial charge in [-0.05, 0) is 68.4 Å². The normalized spacial score (nSPS) is 28.6. The third kappa shape index (κ3) is 3.15. The molecular formula is C25H27N5O. The van der Waals surface area contributed by atoms with Crippen molar-refractivity contribution in [1.29, 1.82) is 5.26 Å². The highest BCUT2D eigenvalue weighted by Crippen LogP contribution is 2.60. The van der Waals surface area contributed by atoms with E-state index in [1.165, 1.54) is 49.8 Å². The molecular weight excluding hydrogens is 386 g/mol. The Morgan fingerprint density at radius 3 is 2.45 bits per heavy atom. The summed E-state index contributed by atoms with van der Waals surface area (Å²) in [5, 5.41) is 17.9. The molecule has 2 heterocycles. The summed E-state index contributed by atoms with van der Waals surface area (Å²) in [6.45, 7) is 2.34. The lowest BCUT2D eigenvalue weighted by Crippen LogP contribution is -2.49. The number of nitriles is 1. The third-order valence-electron chi connectivity index (χ3n) is 7.63. The van der Waals surface area contributed by atoms with Gasteiger partial charge in [0.2, 0.25) is 11.6 Å². The lowest BCUT2D eigenvalue weighted by molar-refractivity contribution is -0.00770. The SMILES string of the molecule is Cc1nc(C#N)c(NCc2cn(-c3ccccc3)nc2C23CC4CC(CC(C4)C2)C3)o1. The molecule has 4 bridgehead atoms. The molecule has 0 spiro atoms. The summed E-state index contributed by atoms with van der Waals surface area (Å²) in [7, 11) is 0. The van der Waals surface area contributed by atoms with Crippen LogP contribution in [0.1, 0.15) is 61.4 Å². The van der Waals surface area contributed by atoms with Crippen LogP contribution >= 0.6 is 0 Å². The molecule has 0 unspecified atom stereocenters. The second kappa shape index (κ2) is 6.98. The number of hydrogen-bond acceptors (Lipinski definition) is 5. The Bertz CT molecular complexity index is 1120. The van der Waals surface area contributed by atoms with E-state index in [4.69, 9.17) is 9.52 Å². The Labute approximate surface area is 182 Å². The number of hydrogen-bond donors (Lipinski definition) is 1. The van der Waals surface area contributed by atoms with Crippen LogP contribution in [-0.4, -0.2) is 14.8 Å². The quantitative estimate of drug-likeness (QED) is 0.628. The van der Waals surface area contributed by atoms with Gasteiger partial charge in [-0.25, -0.2) is 9.67 Å². The summed E-state index contributed by atoms with van der Waals surface area (Å²) in [6, 6.07) is 12.5. The zero-order chi connectivity index (χ0) is 21.0. The molecule has 6 heteroatoms. The second-order valence-electron chi connectivity index (χ2n) is 9.86. The molecule has 1 aromatic carbocycles. The van der Waals surface area contributed by atoms with Crippen LogP contribution in [0.15, 0.2) is 40.9 Å². The highest BCUT2D eigenvalue weighted by molar-refractivity contribution is 5.46. The highest BCUT2D eigenvalue weighted by Gasteiger charge is 2.53. The zero-order valence-corrected chi connectivity index (χ0v) is 17.8. The van der Waals surface area contributed by atoms with E-state index in [1.54, 1.807) is 6.92 Å². The van der Waals surface area contributed by atoms with Crippen molar-refractivity contribution in [2.45, 2.75) is 57.4 Å². The maximum atomic E-state index is 9.36. The molecule has 4 aliphatic carbocycles. The van der Waals surface area contributed by atoms with Crippen LogP contribution in [0.25, 0.3) is 5.69 Å². The van der Waals surface area contributed by atoms with E-state index in [-0.39, 0.29) is 5.41 Å². The summed E-state index contributed by atoms with van der Waals surface area (Å²) < 4.78 is 7.67. The minimum atomic E-state index is 0.196. The van der Waals surface area contributed by atoms with Crippen LogP contribution in [0.3, 0.4) is 0 Å². The number of oxazole rings is 1. The van der Waals surface area contributed by atoms with Crippen molar-refractivity contribution in [1.82, 2.24) is 14.8 Å². The van der Waals surface area contributed by atoms with Gasteiger partial charge in [0.1, 0.15) is 6.07 Å². The van der Waals surface area contributed by atoms with Gasteiger partial charge in [0, 0.05) is 30.6 Å². The molecule has 158 valence electrons. The van der Waals surface area contributed by atoms with Gasteiger partial charge in [-0.2, -0.15) is 10.4 Å². The summed E-state index contributed by atoms with van der Waals surface area (Å²) in [4.78, 5) is 4.16. The van der Waals surface area contributed by atoms with Gasteiger partial charge < -0.3 is 9.73 Å². The first kappa shape index (κ1) is 18.7. The first-order chi connectivity index (χ1) is 15.1. The molecule has 0 radical (unpaired) electrons. The van der Waals surface area contributed by atoms with Crippen molar-refractivity contribution in [3.63, 3.8) is 0 Å². The largest absolute Gasteiger partial charge is 0.424 e. The second-order valence-corrected chi connectivity index (χ2v) is 9.86. The molecule has 3 aromatic rings. The molecule has 6 nitrogen and oxygen atoms in total. The predicted octanol–water partition coefficient (Wildman–Crippen LogP) is 5.12. The molecule has 4 fully saturated rings. The number of para-hydroxylation sites is 1. The third-order valence-corrected chi connectivity index (χ3v) is 7.63. The average molecular weight is 414 g/mol. The summed E-state index contributed by atoms with van der Waals surface area (Å²) in [6.07, 6.45) is 10.2. The molecule has 7 rings (SSSR count). The Hall–Kier alpha value is -3.07. The molecule has 2 aromatic heterocycles. The Kier molecular flexibility index (Phi) is 4.21. The Morgan fingerprint density at radius 1 is 1.13 bits per heavy atom. The number of aryl methyl sites for hydroxylation is 1. The van der Waals surface area contributed by atoms with Crippen LogP contribution in [-0.2, 0) is 12.0 Å². The molecule has 4 aliphatic rings. The maximum absolute atomic E-state index is 9.36. The number of nitrogens with zero attached hydrogens (tertiary/aromatic N) is 4. The fraction of sp³-hybridized carbons (Fsp3) is 0.480. The first-order valence-corrected chi connectivity index (χ1v) is 11.4. The molecule has 0 saturated heterocycles. The number of benzene rings is 1. The molecule has 31 heavy (non-hydrogen) atoms. The van der Waals surface area contributed by atoms with Crippen LogP contribution in [0.4, 0.5) is 5.88 Å². The monoisotopic (exact) mass is 413 g/mol. The Balaban J connectivity index is 1.38. The summed E-state index contributed by atoms with van der Waals surface area (Å²) in [5.41, 5.74) is 4.03. The van der Waals surface area contributed by atoms with Crippen molar-refractivity contribution in [3.05, 3.63) is 59.4 Å². The number of aromatic nitrogens is 3. The van der Waals surface area contributed by atoms with Crippen molar-refractivity contribution < 1.29 is 4.42 Å². The van der Waals surface area contributed by atoms with Gasteiger partial charge in [0.25, 0.3) is 0 Å². The van der Waals surface area contributed by atoms with Crippen LogP contribution in [0, 0.1) is 36.0 Å². The molecule has 0 atom stereocenters. The van der Waals surface area contributed by atoms with E-state index < -0.39 is 0 Å². The van der Waals surface area contributed by atoms with Gasteiger partial charge in [-0.3, -0.25) is 0 Å². The highest BCUT2D eigenvalue weighted by atomic mass is 16.4. The van der Waals surface area contributed by atoms with Crippen LogP contribution in [0.2, 0.25) is 0 Å². The van der Waals surface area contributed by atoms with Crippen LogP contribution < -0.4 is 5.32 Å². The van der Waals surface area contributed by atoms with Crippen molar-refractivity contribution in [2.24, 2.45) is 17.8 Å². The number of nitrogens with one attached hydrogen (secondary N) is 1. The van der Waals surface area contributed by atoms with Crippen molar-refractivity contribution in [2.75, 3.05) is 5.32 Å². The van der Waals surface area contributed by atoms with E-state index in [0.717, 1.165) is 23.4 Å². The topological polar surface area (TPSA) is 79.7 Å². The van der Waals surface area contributed by atoms with Gasteiger partial charge in [0.15, 0.2) is 5.89 Å². The summed E-state index contributed by atoms with van der Waals surface area (Å²) in [5.74, 6) is 3.52. The van der Waals surface area contributed by atoms with E-state index in [9.17, 15) is 5.26 Å². The van der Waals surface area contributed by atoms with E-state index in [2.05, 4.69) is 46.8 Å². The fourth-order valence-corrected chi connectivity index (χ4v) is 6.90. The van der Waals surface area contributed by atoms with Gasteiger partial charge in [0.05, 0.1) is 11.4 Å². The van der Waals surface area contributed by atoms with E-state index in [0.29, 0.717) is 24.0 Å². The van der Waals surface area contributed by atoms with Crippen molar-refractivity contribution >= 4 is 5.88 Å². The Morgan fingerprint density at radius 2 is 1.81 bits per heavy atom. The molecule has 0 amide bonds. The minimum absolute atomic E-state index is 0.196. The zero-order valence-electron chi connectivity index (χ0n) is 17.8. The minimum Gasteiger partial charge on any atom is -0.424 e. The van der Waals surface area contributed by atoms with Gasteiger partial charge in [-0.15, -0.1) is 0 Å². The molecule has 0 aliphatic heterocycles. The van der Waals surface area contributed by atoms with Crippen molar-refractivity contribution in [3.8, 4) is 11.8 Å². The standard InChI is InChI=1S/C25H27N5O/c1-16-28-22(13-26)24(31-16)27-14-20-15-30(21-5-3-2-4-6-21)29-23(20)25-10-17-7-18(11-25)9-19(8-17)12-25/h2-6,15,17-19,27H,7-12,14H2,1H3.